The molecule has 2 N–H and O–H groups in total. The van der Waals surface area contributed by atoms with Crippen molar-refractivity contribution < 1.29 is 9.53 Å². The van der Waals surface area contributed by atoms with Crippen LogP contribution in [0.4, 0.5) is 0 Å². The largest absolute Gasteiger partial charge is 0.496 e. The summed E-state index contributed by atoms with van der Waals surface area (Å²) in [7, 11) is 1.66. The van der Waals surface area contributed by atoms with Crippen LogP contribution in [-0.2, 0) is 12.2 Å². The molecule has 0 radical (unpaired) electrons. The van der Waals surface area contributed by atoms with Crippen LogP contribution in [-0.4, -0.2) is 34.7 Å². The number of aryl methyl sites for hydroxylation is 1. The number of benzene rings is 2. The van der Waals surface area contributed by atoms with Crippen LogP contribution < -0.4 is 10.1 Å². The van der Waals surface area contributed by atoms with E-state index in [1.165, 1.54) is 11.9 Å². The molecule has 0 aliphatic rings. The van der Waals surface area contributed by atoms with Gasteiger partial charge in [-0.1, -0.05) is 41.6 Å². The van der Waals surface area contributed by atoms with E-state index >= 15 is 0 Å². The first-order valence-corrected chi connectivity index (χ1v) is 9.63. The monoisotopic (exact) mass is 382 g/mol. The zero-order chi connectivity index (χ0) is 19.1. The van der Waals surface area contributed by atoms with Gasteiger partial charge in [0, 0.05) is 17.9 Å². The molecule has 0 aliphatic carbocycles. The third kappa shape index (κ3) is 5.34. The molecule has 0 bridgehead atoms. The Labute approximate surface area is 162 Å². The fraction of sp³-hybridized carbons (Fsp3) is 0.250. The van der Waals surface area contributed by atoms with Gasteiger partial charge in [-0.2, -0.15) is 5.10 Å². The Morgan fingerprint density at radius 1 is 1.22 bits per heavy atom. The highest BCUT2D eigenvalue weighted by molar-refractivity contribution is 7.98. The fourth-order valence-electron chi connectivity index (χ4n) is 2.68. The van der Waals surface area contributed by atoms with Gasteiger partial charge in [-0.25, -0.2) is 4.98 Å². The highest BCUT2D eigenvalue weighted by Crippen LogP contribution is 2.20. The molecular weight excluding hydrogens is 360 g/mol. The number of nitrogens with one attached hydrogen (secondary N) is 2. The number of carbonyl (C=O) groups is 1. The summed E-state index contributed by atoms with van der Waals surface area (Å²) in [6.07, 6.45) is 2.21. The van der Waals surface area contributed by atoms with Crippen LogP contribution in [0.3, 0.4) is 0 Å². The number of thioether (sulfide) groups is 1. The molecule has 140 valence electrons. The van der Waals surface area contributed by atoms with Crippen molar-refractivity contribution >= 4 is 17.7 Å². The first kappa shape index (κ1) is 19.0. The van der Waals surface area contributed by atoms with Crippen molar-refractivity contribution in [2.24, 2.45) is 0 Å². The molecule has 7 heteroatoms. The second-order valence-electron chi connectivity index (χ2n) is 6.10. The summed E-state index contributed by atoms with van der Waals surface area (Å²) in [5.74, 6) is 1.55. The molecule has 0 spiro atoms. The van der Waals surface area contributed by atoms with Gasteiger partial charge in [0.15, 0.2) is 5.16 Å². The highest BCUT2D eigenvalue weighted by atomic mass is 32.2. The summed E-state index contributed by atoms with van der Waals surface area (Å²) in [6.45, 7) is 2.60. The molecule has 0 unspecified atom stereocenters. The minimum Gasteiger partial charge on any atom is -0.496 e. The van der Waals surface area contributed by atoms with E-state index in [9.17, 15) is 4.79 Å². The molecular formula is C20H22N4O2S. The Kier molecular flexibility index (Phi) is 6.49. The molecule has 3 aromatic rings. The van der Waals surface area contributed by atoms with Crippen molar-refractivity contribution in [2.45, 2.75) is 24.3 Å². The van der Waals surface area contributed by atoms with Gasteiger partial charge in [-0.15, -0.1) is 0 Å². The molecule has 1 aromatic heterocycles. The molecule has 0 saturated heterocycles. The minimum absolute atomic E-state index is 0.0731. The van der Waals surface area contributed by atoms with Crippen molar-refractivity contribution in [3.8, 4) is 5.75 Å². The molecule has 1 amide bonds. The number of hydrogen-bond donors (Lipinski definition) is 2. The maximum atomic E-state index is 12.3. The summed E-state index contributed by atoms with van der Waals surface area (Å²) in [6, 6.07) is 13.7. The molecule has 6 nitrogen and oxygen atoms in total. The lowest BCUT2D eigenvalue weighted by atomic mass is 10.1. The zero-order valence-electron chi connectivity index (χ0n) is 15.4. The summed E-state index contributed by atoms with van der Waals surface area (Å²) in [5, 5.41) is 10.4. The first-order valence-electron chi connectivity index (χ1n) is 8.64. The van der Waals surface area contributed by atoms with Crippen molar-refractivity contribution in [2.75, 3.05) is 13.7 Å². The average Bonchev–Trinajstić information content (AvgIpc) is 3.20. The number of hydrogen-bond acceptors (Lipinski definition) is 5. The number of aromatic amines is 1. The van der Waals surface area contributed by atoms with Crippen molar-refractivity contribution in [1.29, 1.82) is 0 Å². The predicted molar refractivity (Wildman–Crippen MR) is 106 cm³/mol. The number of rotatable bonds is 8. The standard InChI is InChI=1S/C20H22N4O2S/c1-14-3-8-18(26-2)17(11-14)9-10-21-19(25)16-6-4-15(5-7-16)12-27-20-22-13-23-24-20/h3-8,11,13H,9-10,12H2,1-2H3,(H,21,25)(H,22,23,24). The third-order valence-corrected chi connectivity index (χ3v) is 5.05. The van der Waals surface area contributed by atoms with Gasteiger partial charge in [0.25, 0.3) is 5.91 Å². The quantitative estimate of drug-likeness (QED) is 0.584. The molecule has 1 heterocycles. The maximum absolute atomic E-state index is 12.3. The summed E-state index contributed by atoms with van der Waals surface area (Å²) in [4.78, 5) is 16.4. The normalized spacial score (nSPS) is 10.6. The zero-order valence-corrected chi connectivity index (χ0v) is 16.2. The average molecular weight is 382 g/mol. The lowest BCUT2D eigenvalue weighted by molar-refractivity contribution is 0.0954. The highest BCUT2D eigenvalue weighted by Gasteiger charge is 2.08. The van der Waals surface area contributed by atoms with E-state index in [1.54, 1.807) is 18.9 Å². The molecule has 0 fully saturated rings. The third-order valence-electron chi connectivity index (χ3n) is 4.10. The molecule has 27 heavy (non-hydrogen) atoms. The van der Waals surface area contributed by atoms with Crippen LogP contribution in [0.2, 0.25) is 0 Å². The van der Waals surface area contributed by atoms with Gasteiger partial charge < -0.3 is 10.1 Å². The number of methoxy groups -OCH3 is 1. The number of H-pyrrole nitrogens is 1. The van der Waals surface area contributed by atoms with Crippen LogP contribution in [0.5, 0.6) is 5.75 Å². The van der Waals surface area contributed by atoms with E-state index in [-0.39, 0.29) is 5.91 Å². The Balaban J connectivity index is 1.50. The number of nitrogens with zero attached hydrogens (tertiary/aromatic N) is 2. The van der Waals surface area contributed by atoms with E-state index in [2.05, 4.69) is 26.6 Å². The van der Waals surface area contributed by atoms with E-state index in [0.29, 0.717) is 12.1 Å². The van der Waals surface area contributed by atoms with Crippen molar-refractivity contribution in [3.63, 3.8) is 0 Å². The minimum atomic E-state index is -0.0731. The van der Waals surface area contributed by atoms with Gasteiger partial charge in [0.2, 0.25) is 0 Å². The first-order chi connectivity index (χ1) is 13.2. The van der Waals surface area contributed by atoms with Gasteiger partial charge >= 0.3 is 0 Å². The van der Waals surface area contributed by atoms with Crippen LogP contribution in [0.25, 0.3) is 0 Å². The lowest BCUT2D eigenvalue weighted by Gasteiger charge is -2.10. The van der Waals surface area contributed by atoms with Gasteiger partial charge in [0.1, 0.15) is 12.1 Å². The van der Waals surface area contributed by atoms with Crippen LogP contribution in [0.15, 0.2) is 53.9 Å². The Hall–Kier alpha value is -2.80. The summed E-state index contributed by atoms with van der Waals surface area (Å²) in [5.41, 5.74) is 4.05. The van der Waals surface area contributed by atoms with Gasteiger partial charge in [0.05, 0.1) is 7.11 Å². The summed E-state index contributed by atoms with van der Waals surface area (Å²) < 4.78 is 5.38. The number of carbonyl (C=O) groups excluding carboxylic acids is 1. The lowest BCUT2D eigenvalue weighted by Crippen LogP contribution is -2.25. The maximum Gasteiger partial charge on any atom is 0.251 e. The Morgan fingerprint density at radius 3 is 2.74 bits per heavy atom. The summed E-state index contributed by atoms with van der Waals surface area (Å²) >= 11 is 1.57. The number of aromatic nitrogens is 3. The molecule has 0 aliphatic heterocycles. The van der Waals surface area contributed by atoms with Crippen LogP contribution >= 0.6 is 11.8 Å². The van der Waals surface area contributed by atoms with Gasteiger partial charge in [-0.3, -0.25) is 9.89 Å². The Bertz CT molecular complexity index is 880. The fourth-order valence-corrected chi connectivity index (χ4v) is 3.42. The number of ether oxygens (including phenoxy) is 1. The van der Waals surface area contributed by atoms with E-state index in [1.807, 2.05) is 43.3 Å². The topological polar surface area (TPSA) is 79.9 Å². The SMILES string of the molecule is COc1ccc(C)cc1CCNC(=O)c1ccc(CSc2ncn[nH]2)cc1. The van der Waals surface area contributed by atoms with Crippen molar-refractivity contribution in [3.05, 3.63) is 71.0 Å². The van der Waals surface area contributed by atoms with E-state index in [4.69, 9.17) is 4.74 Å². The number of amides is 1. The smallest absolute Gasteiger partial charge is 0.251 e. The van der Waals surface area contributed by atoms with E-state index in [0.717, 1.165) is 34.2 Å². The van der Waals surface area contributed by atoms with Gasteiger partial charge in [-0.05, 0) is 42.7 Å². The van der Waals surface area contributed by atoms with E-state index < -0.39 is 0 Å². The second kappa shape index (κ2) is 9.23. The molecule has 0 saturated carbocycles. The molecule has 0 atom stereocenters. The predicted octanol–water partition coefficient (Wildman–Crippen LogP) is 3.39. The van der Waals surface area contributed by atoms with Crippen LogP contribution in [0, 0.1) is 6.92 Å². The second-order valence-corrected chi connectivity index (χ2v) is 7.06. The molecule has 3 rings (SSSR count). The van der Waals surface area contributed by atoms with Crippen LogP contribution in [0.1, 0.15) is 27.0 Å². The Morgan fingerprint density at radius 2 is 2.04 bits per heavy atom. The molecule has 2 aromatic carbocycles. The van der Waals surface area contributed by atoms with Crippen molar-refractivity contribution in [1.82, 2.24) is 20.5 Å².